The quantitative estimate of drug-likeness (QED) is 0.702. The molecule has 1 N–H and O–H groups in total. The van der Waals surface area contributed by atoms with Crippen LogP contribution in [0.5, 0.6) is 0 Å². The Morgan fingerprint density at radius 1 is 1.17 bits per heavy atom. The fraction of sp³-hybridized carbons (Fsp3) is 0.273. The van der Waals surface area contributed by atoms with Crippen LogP contribution < -0.4 is 15.8 Å². The van der Waals surface area contributed by atoms with Crippen molar-refractivity contribution in [2.45, 2.75) is 19.4 Å². The Bertz CT molecular complexity index is 1070. The fourth-order valence-corrected chi connectivity index (χ4v) is 3.57. The molecule has 0 spiro atoms. The summed E-state index contributed by atoms with van der Waals surface area (Å²) in [6.07, 6.45) is 5.08. The third-order valence-corrected chi connectivity index (χ3v) is 5.16. The van der Waals surface area contributed by atoms with E-state index < -0.39 is 0 Å². The zero-order valence-electron chi connectivity index (χ0n) is 16.4. The molecule has 4 rings (SSSR count). The van der Waals surface area contributed by atoms with Gasteiger partial charge in [0.25, 0.3) is 5.56 Å². The topological polar surface area (TPSA) is 80.1 Å². The van der Waals surface area contributed by atoms with Gasteiger partial charge in [-0.1, -0.05) is 6.07 Å². The standard InChI is InChI=1S/C22H22FN5O2/c23-18-5-7-19(8-6-18)28-21(29)10-9-20(26-28)27-12-2-4-17(15-27)22(30)25-14-16-3-1-11-24-13-16/h1,3,5-11,13,17H,2,4,12,14-15H2,(H,25,30). The molecular weight excluding hydrogens is 385 g/mol. The summed E-state index contributed by atoms with van der Waals surface area (Å²) in [6.45, 7) is 1.71. The number of nitrogens with zero attached hydrogens (tertiary/aromatic N) is 4. The Balaban J connectivity index is 1.46. The SMILES string of the molecule is O=C(NCc1cccnc1)C1CCCN(c2ccc(=O)n(-c3ccc(F)cc3)n2)C1. The Morgan fingerprint density at radius 2 is 2.00 bits per heavy atom. The number of pyridine rings is 1. The maximum Gasteiger partial charge on any atom is 0.271 e. The molecule has 0 radical (unpaired) electrons. The Morgan fingerprint density at radius 3 is 2.77 bits per heavy atom. The Hall–Kier alpha value is -3.55. The van der Waals surface area contributed by atoms with Crippen LogP contribution in [0.4, 0.5) is 10.2 Å². The molecule has 3 aromatic rings. The molecule has 7 nitrogen and oxygen atoms in total. The number of anilines is 1. The molecule has 0 bridgehead atoms. The predicted octanol–water partition coefficient (Wildman–Crippen LogP) is 2.30. The van der Waals surface area contributed by atoms with Crippen molar-refractivity contribution in [2.24, 2.45) is 5.92 Å². The van der Waals surface area contributed by atoms with Crippen molar-refractivity contribution in [3.05, 3.63) is 82.7 Å². The molecule has 1 aliphatic rings. The number of nitrogens with one attached hydrogen (secondary N) is 1. The van der Waals surface area contributed by atoms with E-state index in [-0.39, 0.29) is 23.2 Å². The minimum Gasteiger partial charge on any atom is -0.354 e. The van der Waals surface area contributed by atoms with Crippen LogP contribution in [0.15, 0.2) is 65.7 Å². The first-order valence-corrected chi connectivity index (χ1v) is 9.88. The molecule has 1 aromatic carbocycles. The molecule has 154 valence electrons. The minimum absolute atomic E-state index is 0.00425. The molecule has 1 fully saturated rings. The fourth-order valence-electron chi connectivity index (χ4n) is 3.57. The second-order valence-electron chi connectivity index (χ2n) is 7.28. The molecule has 1 amide bonds. The molecular formula is C22H22FN5O2. The lowest BCUT2D eigenvalue weighted by Crippen LogP contribution is -2.43. The van der Waals surface area contributed by atoms with Crippen LogP contribution in [0.3, 0.4) is 0 Å². The predicted molar refractivity (Wildman–Crippen MR) is 111 cm³/mol. The van der Waals surface area contributed by atoms with Crippen molar-refractivity contribution < 1.29 is 9.18 Å². The highest BCUT2D eigenvalue weighted by Crippen LogP contribution is 2.21. The Kier molecular flexibility index (Phi) is 5.83. The second-order valence-corrected chi connectivity index (χ2v) is 7.28. The van der Waals surface area contributed by atoms with Crippen LogP contribution in [-0.4, -0.2) is 33.8 Å². The van der Waals surface area contributed by atoms with E-state index in [1.165, 1.54) is 35.0 Å². The zero-order chi connectivity index (χ0) is 20.9. The largest absolute Gasteiger partial charge is 0.354 e. The number of rotatable bonds is 5. The van der Waals surface area contributed by atoms with Gasteiger partial charge in [0.15, 0.2) is 0 Å². The molecule has 1 unspecified atom stereocenters. The third-order valence-electron chi connectivity index (χ3n) is 5.16. The van der Waals surface area contributed by atoms with E-state index in [0.29, 0.717) is 24.6 Å². The maximum absolute atomic E-state index is 13.2. The zero-order valence-corrected chi connectivity index (χ0v) is 16.4. The second kappa shape index (κ2) is 8.86. The van der Waals surface area contributed by atoms with Crippen molar-refractivity contribution in [3.63, 3.8) is 0 Å². The summed E-state index contributed by atoms with van der Waals surface area (Å²) in [5.41, 5.74) is 1.14. The maximum atomic E-state index is 13.2. The average molecular weight is 407 g/mol. The number of amides is 1. The molecule has 8 heteroatoms. The lowest BCUT2D eigenvalue weighted by Gasteiger charge is -2.32. The van der Waals surface area contributed by atoms with Gasteiger partial charge in [-0.15, -0.1) is 5.10 Å². The van der Waals surface area contributed by atoms with E-state index >= 15 is 0 Å². The number of benzene rings is 1. The number of carbonyl (C=O) groups is 1. The molecule has 1 atom stereocenters. The number of carbonyl (C=O) groups excluding carboxylic acids is 1. The van der Waals surface area contributed by atoms with Crippen LogP contribution >= 0.6 is 0 Å². The summed E-state index contributed by atoms with van der Waals surface area (Å²) >= 11 is 0. The van der Waals surface area contributed by atoms with Gasteiger partial charge >= 0.3 is 0 Å². The van der Waals surface area contributed by atoms with Gasteiger partial charge in [-0.2, -0.15) is 4.68 Å². The number of halogens is 1. The monoisotopic (exact) mass is 407 g/mol. The summed E-state index contributed by atoms with van der Waals surface area (Å²) < 4.78 is 14.5. The van der Waals surface area contributed by atoms with E-state index in [9.17, 15) is 14.0 Å². The van der Waals surface area contributed by atoms with Gasteiger partial charge in [-0.25, -0.2) is 4.39 Å². The van der Waals surface area contributed by atoms with Crippen LogP contribution in [-0.2, 0) is 11.3 Å². The van der Waals surface area contributed by atoms with Crippen LogP contribution in [0, 0.1) is 11.7 Å². The van der Waals surface area contributed by atoms with E-state index in [2.05, 4.69) is 15.4 Å². The van der Waals surface area contributed by atoms with Gasteiger partial charge in [-0.05, 0) is 54.8 Å². The van der Waals surface area contributed by atoms with Crippen LogP contribution in [0.25, 0.3) is 5.69 Å². The number of hydrogen-bond donors (Lipinski definition) is 1. The van der Waals surface area contributed by atoms with Gasteiger partial charge in [0, 0.05) is 38.1 Å². The van der Waals surface area contributed by atoms with Crippen molar-refractivity contribution in [2.75, 3.05) is 18.0 Å². The first kappa shape index (κ1) is 19.8. The molecule has 2 aromatic heterocycles. The molecule has 0 saturated carbocycles. The number of piperidine rings is 1. The molecule has 1 aliphatic heterocycles. The van der Waals surface area contributed by atoms with E-state index in [0.717, 1.165) is 24.9 Å². The number of aromatic nitrogens is 3. The molecule has 1 saturated heterocycles. The van der Waals surface area contributed by atoms with Gasteiger partial charge in [0.1, 0.15) is 11.6 Å². The van der Waals surface area contributed by atoms with Crippen molar-refractivity contribution in [3.8, 4) is 5.69 Å². The minimum atomic E-state index is -0.376. The van der Waals surface area contributed by atoms with Crippen molar-refractivity contribution >= 4 is 11.7 Å². The lowest BCUT2D eigenvalue weighted by atomic mass is 9.97. The van der Waals surface area contributed by atoms with Crippen molar-refractivity contribution in [1.82, 2.24) is 20.1 Å². The average Bonchev–Trinajstić information content (AvgIpc) is 2.79. The van der Waals surface area contributed by atoms with E-state index in [1.807, 2.05) is 17.0 Å². The molecule has 30 heavy (non-hydrogen) atoms. The first-order valence-electron chi connectivity index (χ1n) is 9.88. The van der Waals surface area contributed by atoms with E-state index in [4.69, 9.17) is 0 Å². The van der Waals surface area contributed by atoms with E-state index in [1.54, 1.807) is 18.5 Å². The van der Waals surface area contributed by atoms with Gasteiger partial charge in [0.2, 0.25) is 5.91 Å². The summed E-state index contributed by atoms with van der Waals surface area (Å²) in [6, 6.07) is 12.5. The van der Waals surface area contributed by atoms with Gasteiger partial charge < -0.3 is 10.2 Å². The summed E-state index contributed by atoms with van der Waals surface area (Å²) in [5, 5.41) is 7.43. The van der Waals surface area contributed by atoms with Gasteiger partial charge in [-0.3, -0.25) is 14.6 Å². The summed E-state index contributed by atoms with van der Waals surface area (Å²) in [4.78, 5) is 31.0. The summed E-state index contributed by atoms with van der Waals surface area (Å²) in [7, 11) is 0. The summed E-state index contributed by atoms with van der Waals surface area (Å²) in [5.74, 6) is 0.0710. The Labute approximate surface area is 173 Å². The number of hydrogen-bond acceptors (Lipinski definition) is 5. The third kappa shape index (κ3) is 4.53. The lowest BCUT2D eigenvalue weighted by molar-refractivity contribution is -0.125. The van der Waals surface area contributed by atoms with Crippen LogP contribution in [0.1, 0.15) is 18.4 Å². The van der Waals surface area contributed by atoms with Gasteiger partial charge in [0.05, 0.1) is 11.6 Å². The first-order chi connectivity index (χ1) is 14.6. The van der Waals surface area contributed by atoms with Crippen LogP contribution in [0.2, 0.25) is 0 Å². The highest BCUT2D eigenvalue weighted by Gasteiger charge is 2.26. The van der Waals surface area contributed by atoms with Crippen molar-refractivity contribution in [1.29, 1.82) is 0 Å². The molecule has 0 aliphatic carbocycles. The highest BCUT2D eigenvalue weighted by molar-refractivity contribution is 5.79. The molecule has 3 heterocycles. The smallest absolute Gasteiger partial charge is 0.271 e. The normalized spacial score (nSPS) is 16.3. The highest BCUT2D eigenvalue weighted by atomic mass is 19.1.